The minimum Gasteiger partial charge on any atom is -0.507 e. The maximum Gasteiger partial charge on any atom is 0.275 e. The maximum atomic E-state index is 12.0. The van der Waals surface area contributed by atoms with Crippen molar-refractivity contribution < 1.29 is 9.90 Å². The first-order chi connectivity index (χ1) is 9.09. The van der Waals surface area contributed by atoms with Gasteiger partial charge in [0, 0.05) is 5.71 Å². The topological polar surface area (TPSA) is 61.7 Å². The van der Waals surface area contributed by atoms with E-state index in [1.165, 1.54) is 6.42 Å². The number of amides is 1. The van der Waals surface area contributed by atoms with E-state index in [2.05, 4.69) is 17.5 Å². The molecule has 4 heteroatoms. The summed E-state index contributed by atoms with van der Waals surface area (Å²) in [6.07, 6.45) is 4.44. The third kappa shape index (κ3) is 3.13. The van der Waals surface area contributed by atoms with Crippen LogP contribution in [-0.2, 0) is 0 Å². The minimum atomic E-state index is -0.355. The highest BCUT2D eigenvalue weighted by atomic mass is 16.3. The lowest BCUT2D eigenvalue weighted by Gasteiger charge is -2.19. The lowest BCUT2D eigenvalue weighted by molar-refractivity contribution is 0.0951. The van der Waals surface area contributed by atoms with E-state index in [9.17, 15) is 9.90 Å². The third-order valence-corrected chi connectivity index (χ3v) is 3.67. The minimum absolute atomic E-state index is 0.0249. The number of aryl methyl sites for hydroxylation is 1. The highest BCUT2D eigenvalue weighted by Gasteiger charge is 2.17. The molecule has 1 fully saturated rings. The number of benzene rings is 1. The van der Waals surface area contributed by atoms with Gasteiger partial charge in [0.15, 0.2) is 0 Å². The van der Waals surface area contributed by atoms with Crippen molar-refractivity contribution in [2.45, 2.75) is 39.5 Å². The van der Waals surface area contributed by atoms with Crippen LogP contribution < -0.4 is 5.43 Å². The van der Waals surface area contributed by atoms with Gasteiger partial charge in [0.05, 0.1) is 5.56 Å². The van der Waals surface area contributed by atoms with Crippen LogP contribution in [0.3, 0.4) is 0 Å². The van der Waals surface area contributed by atoms with Gasteiger partial charge in [-0.2, -0.15) is 5.10 Å². The Kier molecular flexibility index (Phi) is 4.20. The van der Waals surface area contributed by atoms with Crippen LogP contribution in [0.4, 0.5) is 0 Å². The van der Waals surface area contributed by atoms with Gasteiger partial charge in [-0.15, -0.1) is 0 Å². The summed E-state index contributed by atoms with van der Waals surface area (Å²) < 4.78 is 0. The van der Waals surface area contributed by atoms with Crippen molar-refractivity contribution >= 4 is 11.6 Å². The summed E-state index contributed by atoms with van der Waals surface area (Å²) in [5.74, 6) is 0.100. The average Bonchev–Trinajstić information content (AvgIpc) is 2.40. The standard InChI is InChI=1S/C15H20N2O2/c1-10-6-3-4-9-13(10)16-17-15(19)12-8-5-7-11(2)14(12)18/h5,7-8,10,18H,3-4,6,9H2,1-2H3,(H,17,19)/b16-13+/t10-/m1/s1. The van der Waals surface area contributed by atoms with Crippen LogP contribution in [0.15, 0.2) is 23.3 Å². The van der Waals surface area contributed by atoms with E-state index < -0.39 is 0 Å². The van der Waals surface area contributed by atoms with Crippen LogP contribution in [-0.4, -0.2) is 16.7 Å². The zero-order chi connectivity index (χ0) is 13.8. The molecular weight excluding hydrogens is 240 g/mol. The molecule has 0 aliphatic heterocycles. The molecule has 19 heavy (non-hydrogen) atoms. The smallest absolute Gasteiger partial charge is 0.275 e. The fourth-order valence-corrected chi connectivity index (χ4v) is 2.36. The molecule has 1 atom stereocenters. The zero-order valence-electron chi connectivity index (χ0n) is 11.4. The quantitative estimate of drug-likeness (QED) is 0.803. The summed E-state index contributed by atoms with van der Waals surface area (Å²) >= 11 is 0. The Morgan fingerprint density at radius 2 is 2.21 bits per heavy atom. The number of aromatic hydroxyl groups is 1. The number of phenolic OH excluding ortho intramolecular Hbond substituents is 1. The molecule has 1 aliphatic rings. The van der Waals surface area contributed by atoms with Crippen molar-refractivity contribution in [1.29, 1.82) is 0 Å². The lowest BCUT2D eigenvalue weighted by Crippen LogP contribution is -2.24. The van der Waals surface area contributed by atoms with E-state index in [1.54, 1.807) is 25.1 Å². The number of phenols is 1. The van der Waals surface area contributed by atoms with E-state index in [-0.39, 0.29) is 17.2 Å². The van der Waals surface area contributed by atoms with Crippen molar-refractivity contribution in [3.05, 3.63) is 29.3 Å². The van der Waals surface area contributed by atoms with Gasteiger partial charge in [-0.1, -0.05) is 25.5 Å². The first-order valence-corrected chi connectivity index (χ1v) is 6.75. The normalized spacial score (nSPS) is 21.4. The first-order valence-electron chi connectivity index (χ1n) is 6.75. The van der Waals surface area contributed by atoms with Crippen molar-refractivity contribution in [2.75, 3.05) is 0 Å². The number of para-hydroxylation sites is 1. The van der Waals surface area contributed by atoms with E-state index in [0.717, 1.165) is 25.0 Å². The van der Waals surface area contributed by atoms with Crippen LogP contribution in [0.1, 0.15) is 48.5 Å². The highest BCUT2D eigenvalue weighted by molar-refractivity contribution is 5.98. The monoisotopic (exact) mass is 260 g/mol. The van der Waals surface area contributed by atoms with Crippen LogP contribution in [0.5, 0.6) is 5.75 Å². The van der Waals surface area contributed by atoms with Crippen molar-refractivity contribution in [3.8, 4) is 5.75 Å². The van der Waals surface area contributed by atoms with Crippen LogP contribution in [0.25, 0.3) is 0 Å². The number of carbonyl (C=O) groups is 1. The van der Waals surface area contributed by atoms with Gasteiger partial charge in [0.1, 0.15) is 5.75 Å². The molecule has 0 saturated heterocycles. The molecule has 102 valence electrons. The second-order valence-corrected chi connectivity index (χ2v) is 5.16. The molecule has 0 aromatic heterocycles. The van der Waals surface area contributed by atoms with Gasteiger partial charge in [-0.05, 0) is 43.7 Å². The van der Waals surface area contributed by atoms with E-state index >= 15 is 0 Å². The molecular formula is C15H20N2O2. The molecule has 0 spiro atoms. The van der Waals surface area contributed by atoms with Gasteiger partial charge in [-0.25, -0.2) is 5.43 Å². The number of rotatable bonds is 2. The Hall–Kier alpha value is -1.84. The molecule has 0 unspecified atom stereocenters. The number of nitrogens with zero attached hydrogens (tertiary/aromatic N) is 1. The Balaban J connectivity index is 2.09. The van der Waals surface area contributed by atoms with Crippen LogP contribution in [0, 0.1) is 12.8 Å². The molecule has 1 amide bonds. The van der Waals surface area contributed by atoms with E-state index in [0.29, 0.717) is 11.5 Å². The Morgan fingerprint density at radius 3 is 2.95 bits per heavy atom. The second kappa shape index (κ2) is 5.87. The lowest BCUT2D eigenvalue weighted by atomic mass is 9.89. The first kappa shape index (κ1) is 13.6. The number of hydrogen-bond acceptors (Lipinski definition) is 3. The van der Waals surface area contributed by atoms with Gasteiger partial charge in [-0.3, -0.25) is 4.79 Å². The number of hydrogen-bond donors (Lipinski definition) is 2. The molecule has 1 saturated carbocycles. The molecule has 0 heterocycles. The highest BCUT2D eigenvalue weighted by Crippen LogP contribution is 2.22. The Bertz CT molecular complexity index is 509. The number of nitrogens with one attached hydrogen (secondary N) is 1. The summed E-state index contributed by atoms with van der Waals surface area (Å²) in [4.78, 5) is 12.0. The molecule has 1 aromatic carbocycles. The molecule has 1 aromatic rings. The molecule has 2 N–H and O–H groups in total. The van der Waals surface area contributed by atoms with E-state index in [1.807, 2.05) is 0 Å². The van der Waals surface area contributed by atoms with Crippen molar-refractivity contribution in [3.63, 3.8) is 0 Å². The second-order valence-electron chi connectivity index (χ2n) is 5.16. The molecule has 0 bridgehead atoms. The fraction of sp³-hybridized carbons (Fsp3) is 0.467. The summed E-state index contributed by atoms with van der Waals surface area (Å²) in [6, 6.07) is 5.11. The predicted molar refractivity (Wildman–Crippen MR) is 75.4 cm³/mol. The number of carbonyl (C=O) groups excluding carboxylic acids is 1. The fourth-order valence-electron chi connectivity index (χ4n) is 2.36. The SMILES string of the molecule is Cc1cccc(C(=O)N/N=C2\CCCC[C@H]2C)c1O. The molecule has 4 nitrogen and oxygen atoms in total. The number of hydrazone groups is 1. The van der Waals surface area contributed by atoms with Crippen LogP contribution >= 0.6 is 0 Å². The maximum absolute atomic E-state index is 12.0. The van der Waals surface area contributed by atoms with Gasteiger partial charge < -0.3 is 5.11 Å². The average molecular weight is 260 g/mol. The van der Waals surface area contributed by atoms with Crippen molar-refractivity contribution in [1.82, 2.24) is 5.43 Å². The summed E-state index contributed by atoms with van der Waals surface area (Å²) in [5, 5.41) is 14.1. The van der Waals surface area contributed by atoms with Crippen LogP contribution in [0.2, 0.25) is 0 Å². The molecule has 2 rings (SSSR count). The summed E-state index contributed by atoms with van der Waals surface area (Å²) in [7, 11) is 0. The Morgan fingerprint density at radius 1 is 1.42 bits per heavy atom. The summed E-state index contributed by atoms with van der Waals surface area (Å²) in [6.45, 7) is 3.90. The van der Waals surface area contributed by atoms with Gasteiger partial charge >= 0.3 is 0 Å². The Labute approximate surface area is 113 Å². The molecule has 1 aliphatic carbocycles. The van der Waals surface area contributed by atoms with E-state index in [4.69, 9.17) is 0 Å². The van der Waals surface area contributed by atoms with Gasteiger partial charge in [0.2, 0.25) is 0 Å². The summed E-state index contributed by atoms with van der Waals surface area (Å²) in [5.41, 5.74) is 4.56. The largest absolute Gasteiger partial charge is 0.507 e. The third-order valence-electron chi connectivity index (χ3n) is 3.67. The van der Waals surface area contributed by atoms with Crippen molar-refractivity contribution in [2.24, 2.45) is 11.0 Å². The molecule has 0 radical (unpaired) electrons. The zero-order valence-corrected chi connectivity index (χ0v) is 11.4. The predicted octanol–water partition coefficient (Wildman–Crippen LogP) is 3.00. The van der Waals surface area contributed by atoms with Gasteiger partial charge in [0.25, 0.3) is 5.91 Å².